The van der Waals surface area contributed by atoms with E-state index < -0.39 is 11.3 Å². The summed E-state index contributed by atoms with van der Waals surface area (Å²) < 4.78 is 5.15. The summed E-state index contributed by atoms with van der Waals surface area (Å²) in [4.78, 5) is 30.2. The molecule has 0 spiro atoms. The van der Waals surface area contributed by atoms with Crippen LogP contribution in [0.25, 0.3) is 21.8 Å². The second kappa shape index (κ2) is 7.36. The van der Waals surface area contributed by atoms with Crippen molar-refractivity contribution >= 4 is 22.8 Å². The first-order valence-corrected chi connectivity index (χ1v) is 7.72. The van der Waals surface area contributed by atoms with Gasteiger partial charge in [-0.15, -0.1) is 0 Å². The van der Waals surface area contributed by atoms with Gasteiger partial charge in [-0.1, -0.05) is 30.3 Å². The molecule has 0 fully saturated rings. The number of aromatic amines is 1. The highest BCUT2D eigenvalue weighted by Crippen LogP contribution is 2.25. The molecular formula is C20H14N2O4. The normalized spacial score (nSPS) is 10.7. The van der Waals surface area contributed by atoms with Crippen LogP contribution in [-0.4, -0.2) is 22.6 Å². The molecule has 0 aliphatic rings. The van der Waals surface area contributed by atoms with Crippen molar-refractivity contribution in [1.29, 1.82) is 0 Å². The molecule has 1 aromatic heterocycles. The number of rotatable bonds is 5. The first-order chi connectivity index (χ1) is 12.6. The van der Waals surface area contributed by atoms with Gasteiger partial charge in [0.1, 0.15) is 17.1 Å². The molecule has 128 valence electrons. The number of ketones is 1. The Hall–Kier alpha value is -3.85. The fourth-order valence-corrected chi connectivity index (χ4v) is 2.49. The molecule has 1 heterocycles. The maximum atomic E-state index is 12.4. The Morgan fingerprint density at radius 3 is 2.65 bits per heavy atom. The van der Waals surface area contributed by atoms with E-state index in [0.717, 1.165) is 0 Å². The van der Waals surface area contributed by atoms with Crippen LogP contribution in [-0.2, 0) is 0 Å². The molecule has 2 N–H and O–H groups in total. The number of allylic oxidation sites excluding steroid dienone is 1. The van der Waals surface area contributed by atoms with Crippen molar-refractivity contribution in [3.8, 4) is 11.5 Å². The predicted molar refractivity (Wildman–Crippen MR) is 98.1 cm³/mol. The molecule has 26 heavy (non-hydrogen) atoms. The van der Waals surface area contributed by atoms with Gasteiger partial charge in [0.05, 0.1) is 5.52 Å². The molecular weight excluding hydrogens is 332 g/mol. The topological polar surface area (TPSA) is 83.8 Å². The minimum Gasteiger partial charge on any atom is -0.506 e. The fraction of sp³-hybridized carbons (Fsp3) is 0.0500. The van der Waals surface area contributed by atoms with Gasteiger partial charge in [0.15, 0.2) is 5.78 Å². The highest BCUT2D eigenvalue weighted by Gasteiger charge is 2.16. The van der Waals surface area contributed by atoms with Gasteiger partial charge in [-0.05, 0) is 35.9 Å². The van der Waals surface area contributed by atoms with Crippen LogP contribution in [0.1, 0.15) is 15.9 Å². The molecule has 0 bridgehead atoms. The number of aromatic nitrogens is 1. The average Bonchev–Trinajstić information content (AvgIpc) is 2.65. The van der Waals surface area contributed by atoms with E-state index in [1.807, 2.05) is 0 Å². The minimum atomic E-state index is -0.640. The monoisotopic (exact) mass is 346 g/mol. The first kappa shape index (κ1) is 17.0. The molecule has 0 atom stereocenters. The summed E-state index contributed by atoms with van der Waals surface area (Å²) >= 11 is 0. The van der Waals surface area contributed by atoms with Crippen LogP contribution in [0.4, 0.5) is 0 Å². The third-order valence-electron chi connectivity index (χ3n) is 3.74. The third kappa shape index (κ3) is 3.47. The van der Waals surface area contributed by atoms with Crippen molar-refractivity contribution in [3.05, 3.63) is 87.5 Å². The molecule has 0 saturated carbocycles. The Kier molecular flexibility index (Phi) is 4.81. The van der Waals surface area contributed by atoms with Gasteiger partial charge >= 0.3 is 6.73 Å². The lowest BCUT2D eigenvalue weighted by molar-refractivity contribution is 0.104. The van der Waals surface area contributed by atoms with Crippen LogP contribution in [0.5, 0.6) is 11.5 Å². The largest absolute Gasteiger partial charge is 0.506 e. The van der Waals surface area contributed by atoms with E-state index in [1.54, 1.807) is 48.5 Å². The van der Waals surface area contributed by atoms with E-state index >= 15 is 0 Å². The van der Waals surface area contributed by atoms with E-state index in [9.17, 15) is 14.7 Å². The summed E-state index contributed by atoms with van der Waals surface area (Å²) in [6.07, 6.45) is 2.77. The Morgan fingerprint density at radius 2 is 1.92 bits per heavy atom. The van der Waals surface area contributed by atoms with E-state index in [2.05, 4.69) is 9.83 Å². The number of para-hydroxylation sites is 1. The van der Waals surface area contributed by atoms with Gasteiger partial charge in [0.2, 0.25) is 0 Å². The molecule has 0 saturated heterocycles. The Morgan fingerprint density at radius 1 is 1.19 bits per heavy atom. The molecule has 2 aromatic carbocycles. The van der Waals surface area contributed by atoms with Crippen LogP contribution < -0.4 is 10.3 Å². The standard InChI is InChI=1S/C20H14N2O4/c1-21-12-26-14-9-6-13(7-10-14)8-11-17(23)18-19(24)15-4-2-3-5-16(15)22-20(18)25/h2-11H,12H2,(H2,22,24,25)/b11-8+. The van der Waals surface area contributed by atoms with Crippen LogP contribution in [0.2, 0.25) is 0 Å². The number of nitrogens with one attached hydrogen (secondary N) is 1. The zero-order chi connectivity index (χ0) is 18.5. The molecule has 6 heteroatoms. The van der Waals surface area contributed by atoms with Crippen molar-refractivity contribution in [2.75, 3.05) is 6.73 Å². The number of carbonyl (C=O) groups is 1. The number of H-pyrrole nitrogens is 1. The van der Waals surface area contributed by atoms with Crippen molar-refractivity contribution in [3.63, 3.8) is 0 Å². The number of ether oxygens (including phenoxy) is 1. The molecule has 3 rings (SSSR count). The quantitative estimate of drug-likeness (QED) is 0.421. The van der Waals surface area contributed by atoms with Gasteiger partial charge in [-0.2, -0.15) is 0 Å². The number of carbonyl (C=O) groups excluding carboxylic acids is 1. The zero-order valence-corrected chi connectivity index (χ0v) is 13.6. The van der Waals surface area contributed by atoms with E-state index in [4.69, 9.17) is 11.3 Å². The number of benzene rings is 2. The third-order valence-corrected chi connectivity index (χ3v) is 3.74. The maximum absolute atomic E-state index is 12.4. The Bertz CT molecular complexity index is 1090. The minimum absolute atomic E-state index is 0.0578. The molecule has 0 aliphatic heterocycles. The lowest BCUT2D eigenvalue weighted by Gasteiger charge is -2.04. The van der Waals surface area contributed by atoms with Crippen LogP contribution >= 0.6 is 0 Å². The first-order valence-electron chi connectivity index (χ1n) is 7.72. The summed E-state index contributed by atoms with van der Waals surface area (Å²) in [5, 5.41) is 10.7. The predicted octanol–water partition coefficient (Wildman–Crippen LogP) is 3.39. The van der Waals surface area contributed by atoms with Crippen molar-refractivity contribution in [2.24, 2.45) is 0 Å². The Labute approximate surface area is 148 Å². The number of aromatic hydroxyl groups is 1. The van der Waals surface area contributed by atoms with Crippen molar-refractivity contribution in [1.82, 2.24) is 4.98 Å². The lowest BCUT2D eigenvalue weighted by atomic mass is 10.1. The zero-order valence-electron chi connectivity index (χ0n) is 13.6. The highest BCUT2D eigenvalue weighted by molar-refractivity contribution is 6.11. The molecule has 0 radical (unpaired) electrons. The highest BCUT2D eigenvalue weighted by atomic mass is 16.5. The van der Waals surface area contributed by atoms with E-state index in [0.29, 0.717) is 22.2 Å². The van der Waals surface area contributed by atoms with Crippen LogP contribution in [0, 0.1) is 6.57 Å². The smallest absolute Gasteiger partial charge is 0.357 e. The molecule has 0 aliphatic carbocycles. The molecule has 0 amide bonds. The molecule has 3 aromatic rings. The summed E-state index contributed by atoms with van der Waals surface area (Å²) in [5.41, 5.74) is 0.242. The lowest BCUT2D eigenvalue weighted by Crippen LogP contribution is -2.16. The average molecular weight is 346 g/mol. The second-order valence-electron chi connectivity index (χ2n) is 5.42. The van der Waals surface area contributed by atoms with Crippen molar-refractivity contribution in [2.45, 2.75) is 0 Å². The van der Waals surface area contributed by atoms with Crippen LogP contribution in [0.3, 0.4) is 0 Å². The number of hydrogen-bond acceptors (Lipinski definition) is 4. The number of hydrogen-bond donors (Lipinski definition) is 2. The molecule has 0 unspecified atom stereocenters. The van der Waals surface area contributed by atoms with Gasteiger partial charge in [0, 0.05) is 5.39 Å². The van der Waals surface area contributed by atoms with E-state index in [1.165, 1.54) is 12.2 Å². The van der Waals surface area contributed by atoms with E-state index in [-0.39, 0.29) is 18.0 Å². The number of fused-ring (bicyclic) bond motifs is 1. The number of nitrogens with zero attached hydrogens (tertiary/aromatic N) is 1. The summed E-state index contributed by atoms with van der Waals surface area (Å²) in [6, 6.07) is 13.5. The maximum Gasteiger partial charge on any atom is 0.357 e. The van der Waals surface area contributed by atoms with Gasteiger partial charge < -0.3 is 14.8 Å². The van der Waals surface area contributed by atoms with Gasteiger partial charge in [-0.25, -0.2) is 6.57 Å². The number of pyridine rings is 1. The van der Waals surface area contributed by atoms with Gasteiger partial charge in [-0.3, -0.25) is 14.4 Å². The SMILES string of the molecule is [C-]#[N+]COc1ccc(/C=C/C(=O)c2c(O)c3ccccc3[nH]c2=O)cc1. The van der Waals surface area contributed by atoms with Crippen LogP contribution in [0.15, 0.2) is 59.4 Å². The summed E-state index contributed by atoms with van der Waals surface area (Å²) in [6.45, 7) is 6.62. The van der Waals surface area contributed by atoms with Gasteiger partial charge in [0.25, 0.3) is 5.56 Å². The van der Waals surface area contributed by atoms with Crippen molar-refractivity contribution < 1.29 is 14.6 Å². The summed E-state index contributed by atoms with van der Waals surface area (Å²) in [7, 11) is 0. The Balaban J connectivity index is 1.86. The fourth-order valence-electron chi connectivity index (χ4n) is 2.49. The second-order valence-corrected chi connectivity index (χ2v) is 5.42. The summed E-state index contributed by atoms with van der Waals surface area (Å²) in [5.74, 6) is -0.377. The molecule has 6 nitrogen and oxygen atoms in total.